The van der Waals surface area contributed by atoms with Gasteiger partial charge in [0.2, 0.25) is 0 Å². The Balaban J connectivity index is 2.66. The van der Waals surface area contributed by atoms with E-state index in [0.717, 1.165) is 18.2 Å². The normalized spacial score (nSPS) is 14.6. The summed E-state index contributed by atoms with van der Waals surface area (Å²) in [4.78, 5) is 17.4. The van der Waals surface area contributed by atoms with E-state index in [0.29, 0.717) is 0 Å². The number of rotatable bonds is 0. The zero-order valence-electron chi connectivity index (χ0n) is 6.67. The Bertz CT molecular complexity index is 518. The van der Waals surface area contributed by atoms with Gasteiger partial charge < -0.3 is 0 Å². The fourth-order valence-corrected chi connectivity index (χ4v) is 1.11. The minimum absolute atomic E-state index is 0.0233. The molecule has 6 heteroatoms. The van der Waals surface area contributed by atoms with Gasteiger partial charge in [-0.1, -0.05) is 0 Å². The number of urea groups is 1. The number of benzene rings is 1. The Labute approximate surface area is 75.6 Å². The number of fused-ring (bicyclic) bond motifs is 1. The summed E-state index contributed by atoms with van der Waals surface area (Å²) in [7, 11) is 0. The molecule has 0 unspecified atom stereocenters. The molecule has 0 atom stereocenters. The van der Waals surface area contributed by atoms with Crippen molar-refractivity contribution >= 4 is 6.03 Å². The van der Waals surface area contributed by atoms with E-state index in [1.165, 1.54) is 0 Å². The van der Waals surface area contributed by atoms with Crippen molar-refractivity contribution in [1.29, 1.82) is 0 Å². The van der Waals surface area contributed by atoms with Gasteiger partial charge in [0.15, 0.2) is 0 Å². The third-order valence-electron chi connectivity index (χ3n) is 1.73. The molecule has 2 amide bonds. The molecule has 0 bridgehead atoms. The molecule has 0 aliphatic carbocycles. The van der Waals surface area contributed by atoms with Crippen LogP contribution < -0.4 is 10.7 Å². The molecule has 2 rings (SSSR count). The Morgan fingerprint density at radius 2 is 1.71 bits per heavy atom. The second-order valence-corrected chi connectivity index (χ2v) is 2.71. The molecule has 1 heterocycles. The summed E-state index contributed by atoms with van der Waals surface area (Å²) in [6.07, 6.45) is -4.42. The molecule has 1 aliphatic heterocycles. The maximum Gasteiger partial charge on any atom is 0.416 e. The summed E-state index contributed by atoms with van der Waals surface area (Å²) in [6.45, 7) is 0. The smallest absolute Gasteiger partial charge is 0.244 e. The third kappa shape index (κ3) is 1.39. The number of hydrogen-bond acceptors (Lipinski definition) is 1. The van der Waals surface area contributed by atoms with E-state index in [1.54, 1.807) is 0 Å². The van der Waals surface area contributed by atoms with Crippen LogP contribution in [0.4, 0.5) is 18.0 Å². The van der Waals surface area contributed by atoms with Crippen molar-refractivity contribution in [2.75, 3.05) is 0 Å². The molecule has 0 saturated heterocycles. The fraction of sp³-hybridized carbons (Fsp3) is 0.125. The highest BCUT2D eigenvalue weighted by atomic mass is 19.4. The van der Waals surface area contributed by atoms with Crippen LogP contribution in [-0.2, 0) is 6.18 Å². The van der Waals surface area contributed by atoms with E-state index < -0.39 is 17.8 Å². The van der Waals surface area contributed by atoms with Crippen molar-refractivity contribution in [1.82, 2.24) is 0 Å². The van der Waals surface area contributed by atoms with Crippen molar-refractivity contribution in [3.05, 3.63) is 34.5 Å². The van der Waals surface area contributed by atoms with Crippen LogP contribution in [0.25, 0.3) is 0 Å². The van der Waals surface area contributed by atoms with Gasteiger partial charge in [0, 0.05) is 0 Å². The lowest BCUT2D eigenvalue weighted by Gasteiger charge is -2.04. The van der Waals surface area contributed by atoms with Crippen molar-refractivity contribution in [3.63, 3.8) is 0 Å². The number of halogens is 3. The van der Waals surface area contributed by atoms with E-state index in [2.05, 4.69) is 9.98 Å². The summed E-state index contributed by atoms with van der Waals surface area (Å²) < 4.78 is 36.6. The standard InChI is InChI=1S/C8H3F3N2O/c9-8(10,11)4-1-2-5-6(3-4)13-7(14)12-5/h1-3H. The molecule has 1 aliphatic rings. The summed E-state index contributed by atoms with van der Waals surface area (Å²) in [5, 5.41) is 0.160. The van der Waals surface area contributed by atoms with Crippen molar-refractivity contribution < 1.29 is 18.0 Å². The summed E-state index contributed by atoms with van der Waals surface area (Å²) in [6, 6.07) is 2.05. The molecule has 0 fully saturated rings. The molecular weight excluding hydrogens is 197 g/mol. The number of amides is 2. The van der Waals surface area contributed by atoms with Crippen LogP contribution in [0.15, 0.2) is 28.2 Å². The predicted molar refractivity (Wildman–Crippen MR) is 39.2 cm³/mol. The largest absolute Gasteiger partial charge is 0.416 e. The highest BCUT2D eigenvalue weighted by Gasteiger charge is 2.30. The van der Waals surface area contributed by atoms with Gasteiger partial charge in [-0.25, -0.2) is 4.79 Å². The molecule has 0 radical (unpaired) electrons. The molecular formula is C8H3F3N2O. The highest BCUT2D eigenvalue weighted by Crippen LogP contribution is 2.27. The molecule has 1 aromatic rings. The first-order valence-electron chi connectivity index (χ1n) is 3.65. The zero-order chi connectivity index (χ0) is 10.3. The molecule has 14 heavy (non-hydrogen) atoms. The predicted octanol–water partition coefficient (Wildman–Crippen LogP) is 1.08. The number of hydrogen-bond donors (Lipinski definition) is 0. The number of carbonyl (C=O) groups excluding carboxylic acids is 1. The molecule has 0 N–H and O–H groups in total. The first-order chi connectivity index (χ1) is 6.47. The SMILES string of the molecule is O=C1N=c2ccc(C(F)(F)F)cc2=N1. The van der Waals surface area contributed by atoms with Crippen LogP contribution in [0.3, 0.4) is 0 Å². The Kier molecular flexibility index (Phi) is 1.67. The van der Waals surface area contributed by atoms with E-state index in [-0.39, 0.29) is 10.7 Å². The van der Waals surface area contributed by atoms with Gasteiger partial charge in [-0.15, -0.1) is 0 Å². The van der Waals surface area contributed by atoms with E-state index in [9.17, 15) is 18.0 Å². The molecule has 72 valence electrons. The summed E-state index contributed by atoms with van der Waals surface area (Å²) >= 11 is 0. The van der Waals surface area contributed by atoms with Gasteiger partial charge in [0.05, 0.1) is 16.3 Å². The molecule has 3 nitrogen and oxygen atoms in total. The van der Waals surface area contributed by atoms with Crippen LogP contribution in [-0.4, -0.2) is 6.03 Å². The Hall–Kier alpha value is -1.72. The molecule has 0 aromatic heterocycles. The second kappa shape index (κ2) is 2.63. The van der Waals surface area contributed by atoms with Crippen molar-refractivity contribution in [2.45, 2.75) is 6.18 Å². The molecule has 0 spiro atoms. The summed E-state index contributed by atoms with van der Waals surface area (Å²) in [5.41, 5.74) is -0.829. The number of nitrogens with zero attached hydrogens (tertiary/aromatic N) is 2. The number of alkyl halides is 3. The topological polar surface area (TPSA) is 41.8 Å². The van der Waals surface area contributed by atoms with Gasteiger partial charge in [0.1, 0.15) is 0 Å². The van der Waals surface area contributed by atoms with Crippen LogP contribution in [0.1, 0.15) is 5.56 Å². The fourth-order valence-electron chi connectivity index (χ4n) is 1.11. The van der Waals surface area contributed by atoms with Crippen molar-refractivity contribution in [2.24, 2.45) is 9.98 Å². The molecule has 0 saturated carbocycles. The average Bonchev–Trinajstić information content (AvgIpc) is 2.41. The Morgan fingerprint density at radius 1 is 1.07 bits per heavy atom. The number of carbonyl (C=O) groups is 1. The van der Waals surface area contributed by atoms with Gasteiger partial charge in [-0.2, -0.15) is 23.2 Å². The quantitative estimate of drug-likeness (QED) is 0.617. The summed E-state index contributed by atoms with van der Waals surface area (Å²) in [5.74, 6) is 0. The molecule has 1 aromatic carbocycles. The van der Waals surface area contributed by atoms with Crippen LogP contribution in [0.5, 0.6) is 0 Å². The minimum Gasteiger partial charge on any atom is -0.244 e. The van der Waals surface area contributed by atoms with Gasteiger partial charge in [-0.3, -0.25) is 0 Å². The van der Waals surface area contributed by atoms with E-state index >= 15 is 0 Å². The van der Waals surface area contributed by atoms with Gasteiger partial charge >= 0.3 is 12.2 Å². The first-order valence-corrected chi connectivity index (χ1v) is 3.65. The Morgan fingerprint density at radius 3 is 2.36 bits per heavy atom. The lowest BCUT2D eigenvalue weighted by molar-refractivity contribution is -0.137. The van der Waals surface area contributed by atoms with E-state index in [1.807, 2.05) is 0 Å². The maximum atomic E-state index is 12.2. The van der Waals surface area contributed by atoms with Crippen LogP contribution in [0, 0.1) is 0 Å². The zero-order valence-corrected chi connectivity index (χ0v) is 6.67. The van der Waals surface area contributed by atoms with Crippen LogP contribution >= 0.6 is 0 Å². The maximum absolute atomic E-state index is 12.2. The monoisotopic (exact) mass is 200 g/mol. The van der Waals surface area contributed by atoms with Crippen LogP contribution in [0.2, 0.25) is 0 Å². The average molecular weight is 200 g/mol. The van der Waals surface area contributed by atoms with Gasteiger partial charge in [0.25, 0.3) is 0 Å². The van der Waals surface area contributed by atoms with Crippen molar-refractivity contribution in [3.8, 4) is 0 Å². The first kappa shape index (κ1) is 8.86. The highest BCUT2D eigenvalue weighted by molar-refractivity contribution is 5.77. The lowest BCUT2D eigenvalue weighted by atomic mass is 10.2. The van der Waals surface area contributed by atoms with Gasteiger partial charge in [-0.05, 0) is 18.2 Å². The second-order valence-electron chi connectivity index (χ2n) is 2.71. The minimum atomic E-state index is -4.42. The third-order valence-corrected chi connectivity index (χ3v) is 1.73. The van der Waals surface area contributed by atoms with E-state index in [4.69, 9.17) is 0 Å². The lowest BCUT2D eigenvalue weighted by Crippen LogP contribution is -2.23.